The van der Waals surface area contributed by atoms with Crippen molar-refractivity contribution in [2.24, 2.45) is 11.5 Å². The average Bonchev–Trinajstić information content (AvgIpc) is 2.14. The molecule has 0 aliphatic heterocycles. The molecule has 0 atom stereocenters. The smallest absolute Gasteiger partial charge is 0.134 e. The molecule has 0 radical (unpaired) electrons. The minimum Gasteiger partial charge on any atom is -0.361 e. The first-order valence-corrected chi connectivity index (χ1v) is 2.64. The summed E-state index contributed by atoms with van der Waals surface area (Å²) in [7, 11) is 0. The maximum atomic E-state index is 5.28. The Labute approximate surface area is 52.8 Å². The molecule has 1 heterocycles. The Morgan fingerprint density at radius 2 is 2.33 bits per heavy atom. The van der Waals surface area contributed by atoms with Crippen molar-refractivity contribution in [2.75, 3.05) is 0 Å². The molecule has 1 aromatic rings. The van der Waals surface area contributed by atoms with E-state index in [-0.39, 0.29) is 0 Å². The monoisotopic (exact) mass is 127 g/mol. The molecule has 0 aromatic carbocycles. The fourth-order valence-electron chi connectivity index (χ4n) is 0.543. The number of hydrogen-bond acceptors (Lipinski definition) is 4. The first kappa shape index (κ1) is 6.25. The van der Waals surface area contributed by atoms with Crippen LogP contribution in [-0.2, 0) is 0 Å². The third-order valence-electron chi connectivity index (χ3n) is 0.988. The maximum absolute atomic E-state index is 5.28. The van der Waals surface area contributed by atoms with Gasteiger partial charge in [-0.15, -0.1) is 0 Å². The summed E-state index contributed by atoms with van der Waals surface area (Å²) in [5, 5.41) is 3.59. The van der Waals surface area contributed by atoms with Gasteiger partial charge in [0.05, 0.1) is 6.17 Å². The van der Waals surface area contributed by atoms with Crippen LogP contribution in [0, 0.1) is 6.92 Å². The summed E-state index contributed by atoms with van der Waals surface area (Å²) in [4.78, 5) is 0. The predicted molar refractivity (Wildman–Crippen MR) is 32.4 cm³/mol. The third-order valence-corrected chi connectivity index (χ3v) is 0.988. The van der Waals surface area contributed by atoms with Gasteiger partial charge in [0.2, 0.25) is 0 Å². The van der Waals surface area contributed by atoms with Gasteiger partial charge >= 0.3 is 0 Å². The Bertz CT molecular complexity index is 194. The number of hydrogen-bond donors (Lipinski definition) is 2. The lowest BCUT2D eigenvalue weighted by molar-refractivity contribution is 0.386. The molecule has 1 aromatic heterocycles. The van der Waals surface area contributed by atoms with Gasteiger partial charge in [-0.05, 0) is 6.92 Å². The SMILES string of the molecule is Cc1cc(C(N)N)no1. The molecule has 0 aliphatic carbocycles. The van der Waals surface area contributed by atoms with Gasteiger partial charge in [0, 0.05) is 6.07 Å². The molecule has 0 unspecified atom stereocenters. The van der Waals surface area contributed by atoms with E-state index in [2.05, 4.69) is 5.16 Å². The van der Waals surface area contributed by atoms with Gasteiger partial charge in [-0.3, -0.25) is 0 Å². The average molecular weight is 127 g/mol. The lowest BCUT2D eigenvalue weighted by Crippen LogP contribution is -2.20. The van der Waals surface area contributed by atoms with Crippen molar-refractivity contribution in [3.8, 4) is 0 Å². The van der Waals surface area contributed by atoms with Crippen LogP contribution in [0.4, 0.5) is 0 Å². The van der Waals surface area contributed by atoms with Crippen LogP contribution in [0.3, 0.4) is 0 Å². The van der Waals surface area contributed by atoms with E-state index in [1.807, 2.05) is 0 Å². The number of aromatic nitrogens is 1. The van der Waals surface area contributed by atoms with Crippen LogP contribution in [-0.4, -0.2) is 5.16 Å². The van der Waals surface area contributed by atoms with Gasteiger partial charge in [0.15, 0.2) is 0 Å². The fraction of sp³-hybridized carbons (Fsp3) is 0.400. The van der Waals surface area contributed by atoms with Crippen LogP contribution in [0.15, 0.2) is 10.6 Å². The van der Waals surface area contributed by atoms with Gasteiger partial charge in [0.1, 0.15) is 11.5 Å². The van der Waals surface area contributed by atoms with Gasteiger partial charge in [-0.2, -0.15) is 0 Å². The minimum absolute atomic E-state index is 0.526. The number of nitrogens with two attached hydrogens (primary N) is 2. The molecule has 0 aliphatic rings. The van der Waals surface area contributed by atoms with Crippen molar-refractivity contribution in [1.82, 2.24) is 5.16 Å². The highest BCUT2D eigenvalue weighted by Gasteiger charge is 2.03. The fourth-order valence-corrected chi connectivity index (χ4v) is 0.543. The van der Waals surface area contributed by atoms with Gasteiger partial charge in [0.25, 0.3) is 0 Å². The predicted octanol–water partition coefficient (Wildman–Crippen LogP) is -0.101. The van der Waals surface area contributed by atoms with Crippen molar-refractivity contribution in [3.05, 3.63) is 17.5 Å². The summed E-state index contributed by atoms with van der Waals surface area (Å²) in [6.45, 7) is 1.79. The highest BCUT2D eigenvalue weighted by molar-refractivity contribution is 5.06. The molecule has 0 fully saturated rings. The van der Waals surface area contributed by atoms with Crippen molar-refractivity contribution in [3.63, 3.8) is 0 Å². The Morgan fingerprint density at radius 3 is 2.56 bits per heavy atom. The third kappa shape index (κ3) is 1.28. The van der Waals surface area contributed by atoms with E-state index in [0.717, 1.165) is 5.76 Å². The molecule has 0 bridgehead atoms. The van der Waals surface area contributed by atoms with E-state index in [1.165, 1.54) is 0 Å². The van der Waals surface area contributed by atoms with Crippen molar-refractivity contribution in [2.45, 2.75) is 13.1 Å². The van der Waals surface area contributed by atoms with E-state index in [0.29, 0.717) is 5.69 Å². The Morgan fingerprint density at radius 1 is 1.67 bits per heavy atom. The molecule has 0 spiro atoms. The normalized spacial score (nSPS) is 10.7. The van der Waals surface area contributed by atoms with Crippen LogP contribution in [0.1, 0.15) is 17.6 Å². The molecule has 0 saturated carbocycles. The molecule has 0 saturated heterocycles. The van der Waals surface area contributed by atoms with Crippen LogP contribution in [0.2, 0.25) is 0 Å². The van der Waals surface area contributed by atoms with E-state index in [4.69, 9.17) is 16.0 Å². The Kier molecular flexibility index (Phi) is 1.50. The first-order chi connectivity index (χ1) is 4.20. The molecular weight excluding hydrogens is 118 g/mol. The Balaban J connectivity index is 2.85. The first-order valence-electron chi connectivity index (χ1n) is 2.64. The lowest BCUT2D eigenvalue weighted by atomic mass is 10.3. The van der Waals surface area contributed by atoms with Gasteiger partial charge in [-0.25, -0.2) is 0 Å². The minimum atomic E-state index is -0.526. The Hall–Kier alpha value is -0.870. The molecule has 4 nitrogen and oxygen atoms in total. The second-order valence-electron chi connectivity index (χ2n) is 1.89. The second kappa shape index (κ2) is 2.16. The number of rotatable bonds is 1. The van der Waals surface area contributed by atoms with Crippen LogP contribution in [0.5, 0.6) is 0 Å². The molecular formula is C5H9N3O. The van der Waals surface area contributed by atoms with Crippen molar-refractivity contribution >= 4 is 0 Å². The van der Waals surface area contributed by atoms with Crippen LogP contribution >= 0.6 is 0 Å². The standard InChI is InChI=1S/C5H9N3O/c1-3-2-4(5(6)7)8-9-3/h2,5H,6-7H2,1H3. The summed E-state index contributed by atoms with van der Waals surface area (Å²) < 4.78 is 4.72. The topological polar surface area (TPSA) is 78.1 Å². The summed E-state index contributed by atoms with van der Waals surface area (Å²) >= 11 is 0. The molecule has 1 rings (SSSR count). The highest BCUT2D eigenvalue weighted by Crippen LogP contribution is 2.04. The summed E-state index contributed by atoms with van der Waals surface area (Å²) in [5.41, 5.74) is 11.2. The second-order valence-corrected chi connectivity index (χ2v) is 1.89. The van der Waals surface area contributed by atoms with Gasteiger partial charge < -0.3 is 16.0 Å². The van der Waals surface area contributed by atoms with E-state index >= 15 is 0 Å². The molecule has 50 valence electrons. The summed E-state index contributed by atoms with van der Waals surface area (Å²) in [6, 6.07) is 1.71. The zero-order chi connectivity index (χ0) is 6.85. The number of aryl methyl sites for hydroxylation is 1. The van der Waals surface area contributed by atoms with Crippen LogP contribution in [0.25, 0.3) is 0 Å². The van der Waals surface area contributed by atoms with E-state index in [9.17, 15) is 0 Å². The number of nitrogens with zero attached hydrogens (tertiary/aromatic N) is 1. The molecule has 0 amide bonds. The van der Waals surface area contributed by atoms with E-state index < -0.39 is 6.17 Å². The summed E-state index contributed by atoms with van der Waals surface area (Å²) in [6.07, 6.45) is -0.526. The zero-order valence-electron chi connectivity index (χ0n) is 5.16. The molecule has 4 heteroatoms. The quantitative estimate of drug-likeness (QED) is 0.516. The zero-order valence-corrected chi connectivity index (χ0v) is 5.16. The lowest BCUT2D eigenvalue weighted by Gasteiger charge is -1.94. The highest BCUT2D eigenvalue weighted by atomic mass is 16.5. The van der Waals surface area contributed by atoms with Crippen molar-refractivity contribution in [1.29, 1.82) is 0 Å². The maximum Gasteiger partial charge on any atom is 0.134 e. The van der Waals surface area contributed by atoms with Crippen molar-refractivity contribution < 1.29 is 4.52 Å². The largest absolute Gasteiger partial charge is 0.361 e. The van der Waals surface area contributed by atoms with E-state index in [1.54, 1.807) is 13.0 Å². The van der Waals surface area contributed by atoms with Crippen LogP contribution < -0.4 is 11.5 Å². The van der Waals surface area contributed by atoms with Gasteiger partial charge in [-0.1, -0.05) is 5.16 Å². The molecule has 9 heavy (non-hydrogen) atoms. The molecule has 4 N–H and O–H groups in total. The summed E-state index contributed by atoms with van der Waals surface area (Å²) in [5.74, 6) is 0.728.